The van der Waals surface area contributed by atoms with Gasteiger partial charge in [0.2, 0.25) is 0 Å². The minimum absolute atomic E-state index is 0.202. The third kappa shape index (κ3) is 3.10. The molecule has 0 unspecified atom stereocenters. The SMILES string of the molecule is O=C(N[C@H]1Cc2ccccc2[C@@H]1O)c1cccnc1N1CCOCC1. The van der Waals surface area contributed by atoms with Gasteiger partial charge in [0.15, 0.2) is 0 Å². The van der Waals surface area contributed by atoms with Crippen molar-refractivity contribution in [3.05, 3.63) is 59.3 Å². The molecule has 1 fully saturated rings. The Kier molecular flexibility index (Phi) is 4.38. The average molecular weight is 339 g/mol. The van der Waals surface area contributed by atoms with Gasteiger partial charge in [-0.1, -0.05) is 24.3 Å². The van der Waals surface area contributed by atoms with Crippen molar-refractivity contribution in [1.82, 2.24) is 10.3 Å². The zero-order chi connectivity index (χ0) is 17.2. The molecule has 6 heteroatoms. The van der Waals surface area contributed by atoms with Crippen LogP contribution in [0.4, 0.5) is 5.82 Å². The van der Waals surface area contributed by atoms with Gasteiger partial charge in [-0.15, -0.1) is 0 Å². The van der Waals surface area contributed by atoms with Gasteiger partial charge in [-0.3, -0.25) is 4.79 Å². The Bertz CT molecular complexity index is 774. The molecule has 0 spiro atoms. The highest BCUT2D eigenvalue weighted by Gasteiger charge is 2.32. The minimum atomic E-state index is -0.677. The lowest BCUT2D eigenvalue weighted by atomic mass is 10.1. The van der Waals surface area contributed by atoms with E-state index in [1.54, 1.807) is 18.3 Å². The molecule has 2 N–H and O–H groups in total. The number of aromatic nitrogens is 1. The van der Waals surface area contributed by atoms with Crippen LogP contribution in [0.25, 0.3) is 0 Å². The molecule has 0 bridgehead atoms. The van der Waals surface area contributed by atoms with Crippen molar-refractivity contribution in [2.24, 2.45) is 0 Å². The number of morpholine rings is 1. The Balaban J connectivity index is 1.53. The highest BCUT2D eigenvalue weighted by molar-refractivity contribution is 5.99. The number of aliphatic hydroxyl groups is 1. The monoisotopic (exact) mass is 339 g/mol. The van der Waals surface area contributed by atoms with Crippen LogP contribution in [0.15, 0.2) is 42.6 Å². The fraction of sp³-hybridized carbons (Fsp3) is 0.368. The Morgan fingerprint density at radius 1 is 1.20 bits per heavy atom. The zero-order valence-corrected chi connectivity index (χ0v) is 13.9. The molecule has 2 heterocycles. The summed E-state index contributed by atoms with van der Waals surface area (Å²) in [6.07, 6.45) is 1.65. The van der Waals surface area contributed by atoms with E-state index in [-0.39, 0.29) is 11.9 Å². The molecule has 1 aromatic carbocycles. The highest BCUT2D eigenvalue weighted by Crippen LogP contribution is 2.31. The van der Waals surface area contributed by atoms with Gasteiger partial charge in [0.05, 0.1) is 30.9 Å². The Morgan fingerprint density at radius 2 is 2.00 bits per heavy atom. The van der Waals surface area contributed by atoms with E-state index in [1.165, 1.54) is 0 Å². The van der Waals surface area contributed by atoms with Crippen LogP contribution in [0.1, 0.15) is 27.6 Å². The number of amides is 1. The minimum Gasteiger partial charge on any atom is -0.386 e. The smallest absolute Gasteiger partial charge is 0.255 e. The zero-order valence-electron chi connectivity index (χ0n) is 13.9. The summed E-state index contributed by atoms with van der Waals surface area (Å²) in [6.45, 7) is 2.70. The summed E-state index contributed by atoms with van der Waals surface area (Å²) < 4.78 is 5.38. The number of hydrogen-bond donors (Lipinski definition) is 2. The van der Waals surface area contributed by atoms with E-state index in [0.717, 1.165) is 24.2 Å². The van der Waals surface area contributed by atoms with Crippen molar-refractivity contribution < 1.29 is 14.6 Å². The number of nitrogens with zero attached hydrogens (tertiary/aromatic N) is 2. The number of pyridine rings is 1. The summed E-state index contributed by atoms with van der Waals surface area (Å²) in [7, 11) is 0. The van der Waals surface area contributed by atoms with Gasteiger partial charge in [0.1, 0.15) is 5.82 Å². The molecule has 6 nitrogen and oxygen atoms in total. The molecule has 2 aliphatic rings. The van der Waals surface area contributed by atoms with Crippen LogP contribution >= 0.6 is 0 Å². The van der Waals surface area contributed by atoms with Gasteiger partial charge in [0, 0.05) is 19.3 Å². The van der Waals surface area contributed by atoms with E-state index in [2.05, 4.69) is 15.2 Å². The molecular formula is C19H21N3O3. The summed E-state index contributed by atoms with van der Waals surface area (Å²) in [5.41, 5.74) is 2.51. The first kappa shape index (κ1) is 16.1. The molecule has 130 valence electrons. The van der Waals surface area contributed by atoms with E-state index in [1.807, 2.05) is 24.3 Å². The number of aliphatic hydroxyl groups excluding tert-OH is 1. The van der Waals surface area contributed by atoms with Crippen molar-refractivity contribution in [2.45, 2.75) is 18.6 Å². The number of nitrogens with one attached hydrogen (secondary N) is 1. The van der Waals surface area contributed by atoms with Crippen molar-refractivity contribution >= 4 is 11.7 Å². The van der Waals surface area contributed by atoms with Crippen LogP contribution in [0.2, 0.25) is 0 Å². The molecule has 4 rings (SSSR count). The quantitative estimate of drug-likeness (QED) is 0.882. The number of carbonyl (C=O) groups is 1. The lowest BCUT2D eigenvalue weighted by Gasteiger charge is -2.29. The van der Waals surface area contributed by atoms with Crippen LogP contribution in [-0.4, -0.2) is 48.3 Å². The predicted octanol–water partition coefficient (Wildman–Crippen LogP) is 1.31. The Hall–Kier alpha value is -2.44. The van der Waals surface area contributed by atoms with Gasteiger partial charge in [-0.25, -0.2) is 4.98 Å². The number of hydrogen-bond acceptors (Lipinski definition) is 5. The number of benzene rings is 1. The first-order valence-electron chi connectivity index (χ1n) is 8.58. The summed E-state index contributed by atoms with van der Waals surface area (Å²) in [6, 6.07) is 11.0. The van der Waals surface area contributed by atoms with Crippen molar-refractivity contribution in [3.8, 4) is 0 Å². The standard InChI is InChI=1S/C19H21N3O3/c23-17-14-5-2-1-4-13(14)12-16(17)21-19(24)15-6-3-7-20-18(15)22-8-10-25-11-9-22/h1-7,16-17,23H,8-12H2,(H,21,24)/t16-,17-/m0/s1. The molecule has 2 aromatic rings. The lowest BCUT2D eigenvalue weighted by molar-refractivity contribution is 0.0857. The van der Waals surface area contributed by atoms with Crippen LogP contribution in [0, 0.1) is 0 Å². The van der Waals surface area contributed by atoms with Gasteiger partial charge < -0.3 is 20.1 Å². The molecule has 1 aromatic heterocycles. The molecule has 1 saturated heterocycles. The topological polar surface area (TPSA) is 74.7 Å². The molecule has 0 radical (unpaired) electrons. The molecule has 1 aliphatic carbocycles. The van der Waals surface area contributed by atoms with Crippen molar-refractivity contribution in [1.29, 1.82) is 0 Å². The third-order valence-corrected chi connectivity index (χ3v) is 4.85. The van der Waals surface area contributed by atoms with E-state index < -0.39 is 6.10 Å². The first-order chi connectivity index (χ1) is 12.2. The Labute approximate surface area is 146 Å². The first-order valence-corrected chi connectivity index (χ1v) is 8.58. The number of ether oxygens (including phenoxy) is 1. The molecule has 0 saturated carbocycles. The molecule has 2 atom stereocenters. The van der Waals surface area contributed by atoms with Crippen LogP contribution < -0.4 is 10.2 Å². The van der Waals surface area contributed by atoms with E-state index in [9.17, 15) is 9.90 Å². The molecule has 1 amide bonds. The summed E-state index contributed by atoms with van der Waals surface area (Å²) in [5.74, 6) is 0.472. The van der Waals surface area contributed by atoms with Gasteiger partial charge in [-0.2, -0.15) is 0 Å². The predicted molar refractivity (Wildman–Crippen MR) is 93.6 cm³/mol. The number of anilines is 1. The number of rotatable bonds is 3. The fourth-order valence-electron chi connectivity index (χ4n) is 3.55. The van der Waals surface area contributed by atoms with Crippen LogP contribution in [-0.2, 0) is 11.2 Å². The van der Waals surface area contributed by atoms with E-state index >= 15 is 0 Å². The maximum absolute atomic E-state index is 12.8. The van der Waals surface area contributed by atoms with E-state index in [4.69, 9.17) is 4.74 Å². The molecule has 25 heavy (non-hydrogen) atoms. The second kappa shape index (κ2) is 6.82. The summed E-state index contributed by atoms with van der Waals surface area (Å²) in [5, 5.41) is 13.5. The largest absolute Gasteiger partial charge is 0.386 e. The van der Waals surface area contributed by atoms with Gasteiger partial charge >= 0.3 is 0 Å². The van der Waals surface area contributed by atoms with Gasteiger partial charge in [0.25, 0.3) is 5.91 Å². The molecular weight excluding hydrogens is 318 g/mol. The lowest BCUT2D eigenvalue weighted by Crippen LogP contribution is -2.41. The van der Waals surface area contributed by atoms with E-state index in [0.29, 0.717) is 31.0 Å². The maximum Gasteiger partial charge on any atom is 0.255 e. The van der Waals surface area contributed by atoms with Crippen molar-refractivity contribution in [3.63, 3.8) is 0 Å². The average Bonchev–Trinajstić information content (AvgIpc) is 2.98. The Morgan fingerprint density at radius 3 is 2.80 bits per heavy atom. The second-order valence-corrected chi connectivity index (χ2v) is 6.40. The molecule has 1 aliphatic heterocycles. The normalized spacial score (nSPS) is 22.5. The number of carbonyl (C=O) groups excluding carboxylic acids is 1. The fourth-order valence-corrected chi connectivity index (χ4v) is 3.55. The summed E-state index contributed by atoms with van der Waals surface area (Å²) >= 11 is 0. The van der Waals surface area contributed by atoms with Crippen LogP contribution in [0.5, 0.6) is 0 Å². The summed E-state index contributed by atoms with van der Waals surface area (Å²) in [4.78, 5) is 19.3. The maximum atomic E-state index is 12.8. The van der Waals surface area contributed by atoms with Crippen molar-refractivity contribution in [2.75, 3.05) is 31.2 Å². The third-order valence-electron chi connectivity index (χ3n) is 4.85. The van der Waals surface area contributed by atoms with Gasteiger partial charge in [-0.05, 0) is 29.7 Å². The number of fused-ring (bicyclic) bond motifs is 1. The second-order valence-electron chi connectivity index (χ2n) is 6.40. The highest BCUT2D eigenvalue weighted by atomic mass is 16.5. The van der Waals surface area contributed by atoms with Crippen LogP contribution in [0.3, 0.4) is 0 Å².